The second kappa shape index (κ2) is 5.94. The number of aryl methyl sites for hydroxylation is 2. The van der Waals surface area contributed by atoms with Crippen LogP contribution in [0.25, 0.3) is 0 Å². The molecule has 1 heterocycles. The molecule has 1 aromatic rings. The summed E-state index contributed by atoms with van der Waals surface area (Å²) in [5, 5.41) is 18.6. The third kappa shape index (κ3) is 3.09. The Labute approximate surface area is 117 Å². The molecule has 0 radical (unpaired) electrons. The fraction of sp³-hybridized carbons (Fsp3) is 0.615. The molecular formula is C13H20N4O3. The number of hydrogen-bond acceptors (Lipinski definition) is 3. The highest BCUT2D eigenvalue weighted by molar-refractivity contribution is 5.92. The summed E-state index contributed by atoms with van der Waals surface area (Å²) in [4.78, 5) is 24.7. The topological polar surface area (TPSA) is 98.3 Å². The maximum atomic E-state index is 12.3. The molecule has 7 heteroatoms. The zero-order valence-electron chi connectivity index (χ0n) is 11.8. The quantitative estimate of drug-likeness (QED) is 0.784. The van der Waals surface area contributed by atoms with E-state index in [1.54, 1.807) is 6.92 Å². The summed E-state index contributed by atoms with van der Waals surface area (Å²) >= 11 is 0. The van der Waals surface area contributed by atoms with Crippen LogP contribution in [0, 0.1) is 13.8 Å². The Bertz CT molecular complexity index is 486. The van der Waals surface area contributed by atoms with Crippen molar-refractivity contribution in [1.82, 2.24) is 15.1 Å². The highest BCUT2D eigenvalue weighted by atomic mass is 16.4. The number of aromatic nitrogens is 2. The second-order valence-corrected chi connectivity index (χ2v) is 5.20. The van der Waals surface area contributed by atoms with Crippen molar-refractivity contribution in [2.24, 2.45) is 0 Å². The third-order valence-electron chi connectivity index (χ3n) is 3.69. The van der Waals surface area contributed by atoms with E-state index in [1.807, 2.05) is 6.92 Å². The van der Waals surface area contributed by atoms with Crippen LogP contribution in [0.3, 0.4) is 0 Å². The Morgan fingerprint density at radius 2 is 2.05 bits per heavy atom. The molecule has 3 N–H and O–H groups in total. The summed E-state index contributed by atoms with van der Waals surface area (Å²) in [5.74, 6) is -0.993. The van der Waals surface area contributed by atoms with Crippen LogP contribution in [0.15, 0.2) is 0 Å². The molecule has 0 atom stereocenters. The maximum absolute atomic E-state index is 12.3. The molecule has 1 saturated carbocycles. The lowest BCUT2D eigenvalue weighted by molar-refractivity contribution is -0.138. The van der Waals surface area contributed by atoms with Crippen molar-refractivity contribution in [3.8, 4) is 0 Å². The number of aromatic amines is 1. The predicted octanol–water partition coefficient (Wildman–Crippen LogP) is 1.89. The molecule has 0 saturated heterocycles. The lowest BCUT2D eigenvalue weighted by Crippen LogP contribution is -2.44. The van der Waals surface area contributed by atoms with Crippen molar-refractivity contribution in [1.29, 1.82) is 0 Å². The van der Waals surface area contributed by atoms with Gasteiger partial charge in [0.05, 0.1) is 17.1 Å². The molecule has 1 aliphatic carbocycles. The Kier molecular flexibility index (Phi) is 4.26. The molecule has 110 valence electrons. The molecule has 1 fully saturated rings. The first-order valence-corrected chi connectivity index (χ1v) is 6.80. The van der Waals surface area contributed by atoms with E-state index >= 15 is 0 Å². The molecule has 0 bridgehead atoms. The van der Waals surface area contributed by atoms with Crippen molar-refractivity contribution in [3.63, 3.8) is 0 Å². The van der Waals surface area contributed by atoms with Crippen molar-refractivity contribution in [3.05, 3.63) is 11.4 Å². The summed E-state index contributed by atoms with van der Waals surface area (Å²) in [6.45, 7) is 3.33. The average molecular weight is 280 g/mol. The number of carboxylic acids is 1. The van der Waals surface area contributed by atoms with Crippen LogP contribution in [0.5, 0.6) is 0 Å². The third-order valence-corrected chi connectivity index (χ3v) is 3.69. The number of aliphatic carboxylic acids is 1. The summed E-state index contributed by atoms with van der Waals surface area (Å²) in [6.07, 6.45) is 3.81. The van der Waals surface area contributed by atoms with E-state index in [1.165, 1.54) is 4.90 Å². The molecule has 2 rings (SSSR count). The standard InChI is InChI=1S/C13H20N4O3/c1-8-12(9(2)16-15-8)14-13(20)17(7-11(18)19)10-5-3-4-6-10/h10H,3-7H2,1-2H3,(H,14,20)(H,15,16)(H,18,19). The van der Waals surface area contributed by atoms with Crippen molar-refractivity contribution < 1.29 is 14.7 Å². The van der Waals surface area contributed by atoms with Crippen molar-refractivity contribution in [2.75, 3.05) is 11.9 Å². The average Bonchev–Trinajstić information content (AvgIpc) is 3.01. The summed E-state index contributed by atoms with van der Waals surface area (Å²) in [7, 11) is 0. The smallest absolute Gasteiger partial charge is 0.323 e. The van der Waals surface area contributed by atoms with Crippen LogP contribution >= 0.6 is 0 Å². The van der Waals surface area contributed by atoms with Gasteiger partial charge in [-0.2, -0.15) is 5.10 Å². The zero-order chi connectivity index (χ0) is 14.7. The minimum absolute atomic E-state index is 0.0126. The van der Waals surface area contributed by atoms with Crippen LogP contribution < -0.4 is 5.32 Å². The zero-order valence-corrected chi connectivity index (χ0v) is 11.8. The summed E-state index contributed by atoms with van der Waals surface area (Å²) in [5.41, 5.74) is 2.08. The fourth-order valence-corrected chi connectivity index (χ4v) is 2.64. The van der Waals surface area contributed by atoms with Gasteiger partial charge in [0.1, 0.15) is 6.54 Å². The Hall–Kier alpha value is -2.05. The van der Waals surface area contributed by atoms with Gasteiger partial charge < -0.3 is 15.3 Å². The van der Waals surface area contributed by atoms with Gasteiger partial charge in [-0.05, 0) is 26.7 Å². The number of H-pyrrole nitrogens is 1. The number of carbonyl (C=O) groups excluding carboxylic acids is 1. The van der Waals surface area contributed by atoms with Gasteiger partial charge in [0.25, 0.3) is 0 Å². The largest absolute Gasteiger partial charge is 0.480 e. The number of carboxylic acid groups (broad SMARTS) is 1. The fourth-order valence-electron chi connectivity index (χ4n) is 2.64. The Balaban J connectivity index is 2.11. The lowest BCUT2D eigenvalue weighted by atomic mass is 10.2. The molecule has 0 aromatic carbocycles. The number of carbonyl (C=O) groups is 2. The monoisotopic (exact) mass is 280 g/mol. The van der Waals surface area contributed by atoms with Crippen LogP contribution in [0.4, 0.5) is 10.5 Å². The van der Waals surface area contributed by atoms with E-state index in [4.69, 9.17) is 5.11 Å². The number of nitrogens with zero attached hydrogens (tertiary/aromatic N) is 2. The number of amides is 2. The summed E-state index contributed by atoms with van der Waals surface area (Å²) in [6, 6.07) is -0.356. The van der Waals surface area contributed by atoms with E-state index in [0.29, 0.717) is 11.4 Å². The maximum Gasteiger partial charge on any atom is 0.323 e. The Morgan fingerprint density at radius 1 is 1.40 bits per heavy atom. The lowest BCUT2D eigenvalue weighted by Gasteiger charge is -2.27. The van der Waals surface area contributed by atoms with E-state index in [9.17, 15) is 9.59 Å². The SMILES string of the molecule is Cc1n[nH]c(C)c1NC(=O)N(CC(=O)O)C1CCCC1. The second-order valence-electron chi connectivity index (χ2n) is 5.20. The molecule has 1 aliphatic rings. The molecule has 7 nitrogen and oxygen atoms in total. The van der Waals surface area contributed by atoms with Crippen molar-refractivity contribution >= 4 is 17.7 Å². The highest BCUT2D eigenvalue weighted by Crippen LogP contribution is 2.25. The first kappa shape index (κ1) is 14.4. The van der Waals surface area contributed by atoms with Crippen LogP contribution in [0.2, 0.25) is 0 Å². The van der Waals surface area contributed by atoms with Gasteiger partial charge in [-0.25, -0.2) is 4.79 Å². The minimum Gasteiger partial charge on any atom is -0.480 e. The van der Waals surface area contributed by atoms with Gasteiger partial charge in [-0.1, -0.05) is 12.8 Å². The van der Waals surface area contributed by atoms with Crippen LogP contribution in [0.1, 0.15) is 37.1 Å². The number of rotatable bonds is 4. The van der Waals surface area contributed by atoms with Crippen molar-refractivity contribution in [2.45, 2.75) is 45.6 Å². The number of urea groups is 1. The summed E-state index contributed by atoms with van der Waals surface area (Å²) < 4.78 is 0. The number of hydrogen-bond donors (Lipinski definition) is 3. The van der Waals surface area contributed by atoms with E-state index < -0.39 is 5.97 Å². The van der Waals surface area contributed by atoms with Crippen LogP contribution in [-0.2, 0) is 4.79 Å². The number of anilines is 1. The molecule has 20 heavy (non-hydrogen) atoms. The number of nitrogens with one attached hydrogen (secondary N) is 2. The molecule has 2 amide bonds. The van der Waals surface area contributed by atoms with E-state index in [0.717, 1.165) is 31.4 Å². The van der Waals surface area contributed by atoms with E-state index in [2.05, 4.69) is 15.5 Å². The Morgan fingerprint density at radius 3 is 2.55 bits per heavy atom. The molecule has 1 aromatic heterocycles. The predicted molar refractivity (Wildman–Crippen MR) is 73.7 cm³/mol. The van der Waals surface area contributed by atoms with Gasteiger partial charge in [0.2, 0.25) is 0 Å². The molecule has 0 spiro atoms. The minimum atomic E-state index is -0.993. The van der Waals surface area contributed by atoms with Crippen LogP contribution in [-0.4, -0.2) is 44.8 Å². The van der Waals surface area contributed by atoms with Gasteiger partial charge in [0, 0.05) is 6.04 Å². The first-order chi connectivity index (χ1) is 9.49. The first-order valence-electron chi connectivity index (χ1n) is 6.80. The molecule has 0 aliphatic heterocycles. The molecule has 0 unspecified atom stereocenters. The normalized spacial score (nSPS) is 15.3. The van der Waals surface area contributed by atoms with E-state index in [-0.39, 0.29) is 18.6 Å². The van der Waals surface area contributed by atoms with Gasteiger partial charge in [-0.3, -0.25) is 9.89 Å². The molecular weight excluding hydrogens is 260 g/mol. The van der Waals surface area contributed by atoms with Gasteiger partial charge >= 0.3 is 12.0 Å². The highest BCUT2D eigenvalue weighted by Gasteiger charge is 2.29. The van der Waals surface area contributed by atoms with Gasteiger partial charge in [0.15, 0.2) is 0 Å². The van der Waals surface area contributed by atoms with Gasteiger partial charge in [-0.15, -0.1) is 0 Å².